The Morgan fingerprint density at radius 3 is 2.26 bits per heavy atom. The molecule has 3 aromatic rings. The molecule has 0 saturated heterocycles. The number of hydrazone groups is 1. The monoisotopic (exact) mass is 591 g/mol. The van der Waals surface area contributed by atoms with E-state index in [2.05, 4.69) is 54.4 Å². The van der Waals surface area contributed by atoms with Crippen LogP contribution in [0.4, 0.5) is 5.69 Å². The van der Waals surface area contributed by atoms with E-state index in [1.807, 2.05) is 12.1 Å². The number of esters is 1. The summed E-state index contributed by atoms with van der Waals surface area (Å²) in [5, 5.41) is 6.23. The molecule has 2 amide bonds. The quantitative estimate of drug-likeness (QED) is 0.115. The van der Waals surface area contributed by atoms with Gasteiger partial charge >= 0.3 is 17.8 Å². The van der Waals surface area contributed by atoms with Crippen molar-refractivity contribution >= 4 is 68.2 Å². The number of amides is 2. The van der Waals surface area contributed by atoms with Gasteiger partial charge < -0.3 is 10.1 Å². The van der Waals surface area contributed by atoms with Crippen LogP contribution in [0.5, 0.6) is 5.75 Å². The Morgan fingerprint density at radius 2 is 1.58 bits per heavy atom. The number of hydrogen-bond donors (Lipinski definition) is 2. The van der Waals surface area contributed by atoms with Crippen molar-refractivity contribution in [3.63, 3.8) is 0 Å². The average molecular weight is 592 g/mol. The highest BCUT2D eigenvalue weighted by molar-refractivity contribution is 14.1. The molecule has 0 aliphatic rings. The van der Waals surface area contributed by atoms with Crippen molar-refractivity contribution in [3.8, 4) is 5.75 Å². The maximum absolute atomic E-state index is 12.2. The van der Waals surface area contributed by atoms with Crippen molar-refractivity contribution in [2.24, 2.45) is 5.10 Å². The number of hydrogen-bond acceptors (Lipinski definition) is 5. The van der Waals surface area contributed by atoms with E-state index >= 15 is 0 Å². The number of rotatable bonds is 5. The third-order valence-electron chi connectivity index (χ3n) is 3.87. The van der Waals surface area contributed by atoms with Crippen molar-refractivity contribution in [3.05, 3.63) is 92.0 Å². The molecule has 0 aliphatic carbocycles. The Bertz CT molecular complexity index is 1130. The fourth-order valence-electron chi connectivity index (χ4n) is 2.35. The molecule has 0 heterocycles. The number of carbonyl (C=O) groups is 3. The van der Waals surface area contributed by atoms with Gasteiger partial charge in [-0.05, 0) is 88.8 Å². The summed E-state index contributed by atoms with van der Waals surface area (Å²) in [4.78, 5) is 35.9. The maximum Gasteiger partial charge on any atom is 0.344 e. The molecule has 9 heteroatoms. The van der Waals surface area contributed by atoms with E-state index in [1.165, 1.54) is 6.21 Å². The van der Waals surface area contributed by atoms with Crippen molar-refractivity contribution < 1.29 is 19.1 Å². The molecule has 3 rings (SSSR count). The number of anilines is 1. The van der Waals surface area contributed by atoms with Crippen LogP contribution in [-0.4, -0.2) is 24.0 Å². The van der Waals surface area contributed by atoms with Gasteiger partial charge in [0, 0.05) is 13.7 Å². The molecule has 0 bridgehead atoms. The largest absolute Gasteiger partial charge is 0.423 e. The second-order valence-corrected chi connectivity index (χ2v) is 8.18. The lowest BCUT2D eigenvalue weighted by atomic mass is 10.2. The molecule has 0 spiro atoms. The van der Waals surface area contributed by atoms with Gasteiger partial charge in [0.2, 0.25) is 0 Å². The third-order valence-corrected chi connectivity index (χ3v) is 5.34. The zero-order valence-corrected chi connectivity index (χ0v) is 19.6. The molecule has 7 nitrogen and oxygen atoms in total. The average Bonchev–Trinajstić information content (AvgIpc) is 2.76. The number of ether oxygens (including phenoxy) is 1. The highest BCUT2D eigenvalue weighted by atomic mass is 127. The van der Waals surface area contributed by atoms with Crippen LogP contribution in [0.25, 0.3) is 0 Å². The Hall–Kier alpha value is -3.05. The number of nitrogens with one attached hydrogen (secondary N) is 2. The van der Waals surface area contributed by atoms with Gasteiger partial charge in [0.25, 0.3) is 0 Å². The van der Waals surface area contributed by atoms with Crippen LogP contribution >= 0.6 is 38.5 Å². The summed E-state index contributed by atoms with van der Waals surface area (Å²) in [5.41, 5.74) is 3.77. The molecule has 0 aliphatic heterocycles. The van der Waals surface area contributed by atoms with Crippen LogP contribution < -0.4 is 15.5 Å². The van der Waals surface area contributed by atoms with Crippen LogP contribution in [0.15, 0.2) is 82.4 Å². The summed E-state index contributed by atoms with van der Waals surface area (Å²) in [7, 11) is 0. The van der Waals surface area contributed by atoms with E-state index in [4.69, 9.17) is 4.74 Å². The predicted octanol–water partition coefficient (Wildman–Crippen LogP) is 4.36. The molecule has 0 saturated carbocycles. The van der Waals surface area contributed by atoms with Crippen molar-refractivity contribution in [1.29, 1.82) is 0 Å². The first-order valence-corrected chi connectivity index (χ1v) is 10.8. The normalized spacial score (nSPS) is 10.5. The highest BCUT2D eigenvalue weighted by Gasteiger charge is 2.13. The summed E-state index contributed by atoms with van der Waals surface area (Å²) in [6.45, 7) is 0. The zero-order chi connectivity index (χ0) is 22.2. The SMILES string of the molecule is O=C(N/N=C\c1ccc(OC(=O)c2ccccc2I)cc1)C(=O)Nc1ccc(Br)cc1. The zero-order valence-electron chi connectivity index (χ0n) is 15.8. The first kappa shape index (κ1) is 22.6. The molecule has 156 valence electrons. The Labute approximate surface area is 200 Å². The molecule has 31 heavy (non-hydrogen) atoms. The van der Waals surface area contributed by atoms with Gasteiger partial charge in [0.05, 0.1) is 11.8 Å². The van der Waals surface area contributed by atoms with Gasteiger partial charge in [-0.25, -0.2) is 10.2 Å². The van der Waals surface area contributed by atoms with Crippen molar-refractivity contribution in [2.45, 2.75) is 0 Å². The molecule has 0 unspecified atom stereocenters. The standard InChI is InChI=1S/C22H15BrIN3O4/c23-15-7-9-16(10-8-15)26-20(28)21(29)27-25-13-14-5-11-17(12-6-14)31-22(30)18-3-1-2-4-19(18)24/h1-13H,(H,26,28)(H,27,29)/b25-13-. The lowest BCUT2D eigenvalue weighted by Gasteiger charge is -2.06. The number of nitrogens with zero attached hydrogens (tertiary/aromatic N) is 1. The van der Waals surface area contributed by atoms with Crippen LogP contribution in [-0.2, 0) is 9.59 Å². The van der Waals surface area contributed by atoms with E-state index in [1.54, 1.807) is 60.7 Å². The lowest BCUT2D eigenvalue weighted by Crippen LogP contribution is -2.32. The predicted molar refractivity (Wildman–Crippen MR) is 129 cm³/mol. The van der Waals surface area contributed by atoms with Gasteiger partial charge in [-0.2, -0.15) is 5.10 Å². The molecular weight excluding hydrogens is 577 g/mol. The molecule has 2 N–H and O–H groups in total. The summed E-state index contributed by atoms with van der Waals surface area (Å²) in [6, 6.07) is 20.5. The van der Waals surface area contributed by atoms with E-state index in [-0.39, 0.29) is 0 Å². The van der Waals surface area contributed by atoms with Gasteiger partial charge in [0.1, 0.15) is 5.75 Å². The second kappa shape index (κ2) is 10.8. The minimum absolute atomic E-state index is 0.375. The van der Waals surface area contributed by atoms with Crippen LogP contribution in [0.2, 0.25) is 0 Å². The van der Waals surface area contributed by atoms with Crippen molar-refractivity contribution in [1.82, 2.24) is 5.43 Å². The molecular formula is C22H15BrIN3O4. The van der Waals surface area contributed by atoms with Gasteiger partial charge in [-0.1, -0.05) is 28.1 Å². The molecule has 0 atom stereocenters. The number of carbonyl (C=O) groups excluding carboxylic acids is 3. The first-order chi connectivity index (χ1) is 14.9. The fraction of sp³-hybridized carbons (Fsp3) is 0. The summed E-state index contributed by atoms with van der Waals surface area (Å²) in [5.74, 6) is -1.81. The minimum Gasteiger partial charge on any atom is -0.423 e. The van der Waals surface area contributed by atoms with Gasteiger partial charge in [0.15, 0.2) is 0 Å². The number of halogens is 2. The van der Waals surface area contributed by atoms with Crippen LogP contribution in [0.1, 0.15) is 15.9 Å². The summed E-state index contributed by atoms with van der Waals surface area (Å²) < 4.78 is 7.02. The van der Waals surface area contributed by atoms with Crippen molar-refractivity contribution in [2.75, 3.05) is 5.32 Å². The molecule has 3 aromatic carbocycles. The minimum atomic E-state index is -0.901. The summed E-state index contributed by atoms with van der Waals surface area (Å²) in [6.07, 6.45) is 1.37. The van der Waals surface area contributed by atoms with E-state index < -0.39 is 17.8 Å². The summed E-state index contributed by atoms with van der Waals surface area (Å²) >= 11 is 5.36. The number of benzene rings is 3. The van der Waals surface area contributed by atoms with Gasteiger partial charge in [-0.15, -0.1) is 0 Å². The maximum atomic E-state index is 12.2. The Kier molecular flexibility index (Phi) is 7.90. The highest BCUT2D eigenvalue weighted by Crippen LogP contribution is 2.17. The fourth-order valence-corrected chi connectivity index (χ4v) is 3.22. The van der Waals surface area contributed by atoms with E-state index in [0.29, 0.717) is 22.6 Å². The molecule has 0 radical (unpaired) electrons. The Balaban J connectivity index is 1.51. The van der Waals surface area contributed by atoms with E-state index in [0.717, 1.165) is 8.04 Å². The van der Waals surface area contributed by atoms with Crippen LogP contribution in [0, 0.1) is 3.57 Å². The van der Waals surface area contributed by atoms with E-state index in [9.17, 15) is 14.4 Å². The topological polar surface area (TPSA) is 96.9 Å². The smallest absolute Gasteiger partial charge is 0.344 e. The molecule has 0 fully saturated rings. The lowest BCUT2D eigenvalue weighted by molar-refractivity contribution is -0.136. The third kappa shape index (κ3) is 6.72. The first-order valence-electron chi connectivity index (χ1n) is 8.89. The molecule has 0 aromatic heterocycles. The van der Waals surface area contributed by atoms with Gasteiger partial charge in [-0.3, -0.25) is 9.59 Å². The second-order valence-electron chi connectivity index (χ2n) is 6.10. The van der Waals surface area contributed by atoms with Crippen LogP contribution in [0.3, 0.4) is 0 Å². The Morgan fingerprint density at radius 1 is 0.903 bits per heavy atom.